The van der Waals surface area contributed by atoms with Gasteiger partial charge in [-0.3, -0.25) is 14.4 Å². The standard InChI is InChI=1S/C28H37N3O4/c1-15(2)11-22-26(32)30-24(21-13-19-9-7-8-10-20(19)14-21)28(34)31(22)25(27(33)29-16(3)4)23-12-17(5)18(6)35-23/h7-10,12,15-16,21-22,24-25H,11,13-14H2,1-6H3,(H,29,33)(H,30,32). The van der Waals surface area contributed by atoms with E-state index >= 15 is 0 Å². The number of piperazine rings is 1. The fourth-order valence-corrected chi connectivity index (χ4v) is 5.37. The highest BCUT2D eigenvalue weighted by molar-refractivity contribution is 6.00. The number of aryl methyl sites for hydroxylation is 2. The van der Waals surface area contributed by atoms with Crippen LogP contribution < -0.4 is 10.6 Å². The van der Waals surface area contributed by atoms with Gasteiger partial charge in [0.25, 0.3) is 5.91 Å². The summed E-state index contributed by atoms with van der Waals surface area (Å²) in [5.74, 6) is 0.426. The third-order valence-corrected chi connectivity index (χ3v) is 7.12. The van der Waals surface area contributed by atoms with Crippen LogP contribution in [-0.2, 0) is 27.2 Å². The Morgan fingerprint density at radius 1 is 1.11 bits per heavy atom. The summed E-state index contributed by atoms with van der Waals surface area (Å²) in [6.45, 7) is 11.5. The summed E-state index contributed by atoms with van der Waals surface area (Å²) in [5.41, 5.74) is 3.32. The minimum atomic E-state index is -1.02. The van der Waals surface area contributed by atoms with E-state index in [0.29, 0.717) is 17.9 Å². The van der Waals surface area contributed by atoms with Crippen LogP contribution in [0, 0.1) is 25.7 Å². The molecule has 0 saturated carbocycles. The summed E-state index contributed by atoms with van der Waals surface area (Å²) in [6, 6.07) is 7.39. The van der Waals surface area contributed by atoms with Crippen molar-refractivity contribution in [2.75, 3.05) is 0 Å². The first-order chi connectivity index (χ1) is 16.6. The molecule has 4 rings (SSSR count). The van der Waals surface area contributed by atoms with Crippen molar-refractivity contribution in [2.45, 2.75) is 85.0 Å². The first-order valence-electron chi connectivity index (χ1n) is 12.6. The van der Waals surface area contributed by atoms with E-state index in [9.17, 15) is 14.4 Å². The molecule has 2 heterocycles. The van der Waals surface area contributed by atoms with Gasteiger partial charge in [-0.15, -0.1) is 0 Å². The number of fused-ring (bicyclic) bond motifs is 1. The van der Waals surface area contributed by atoms with Crippen molar-refractivity contribution in [2.24, 2.45) is 11.8 Å². The maximum absolute atomic E-state index is 14.2. The molecule has 35 heavy (non-hydrogen) atoms. The van der Waals surface area contributed by atoms with Crippen LogP contribution in [0.2, 0.25) is 0 Å². The summed E-state index contributed by atoms with van der Waals surface area (Å²) < 4.78 is 5.99. The van der Waals surface area contributed by atoms with Gasteiger partial charge in [0.1, 0.15) is 23.6 Å². The van der Waals surface area contributed by atoms with Crippen molar-refractivity contribution in [3.05, 3.63) is 58.5 Å². The molecule has 7 heteroatoms. The lowest BCUT2D eigenvalue weighted by Gasteiger charge is -2.44. The quantitative estimate of drug-likeness (QED) is 0.635. The highest BCUT2D eigenvalue weighted by Gasteiger charge is 2.50. The topological polar surface area (TPSA) is 91.7 Å². The predicted molar refractivity (Wildman–Crippen MR) is 134 cm³/mol. The Morgan fingerprint density at radius 2 is 1.74 bits per heavy atom. The van der Waals surface area contributed by atoms with Gasteiger partial charge in [0.05, 0.1) is 0 Å². The van der Waals surface area contributed by atoms with Gasteiger partial charge in [0, 0.05) is 6.04 Å². The van der Waals surface area contributed by atoms with Gasteiger partial charge in [-0.25, -0.2) is 0 Å². The number of furan rings is 1. The van der Waals surface area contributed by atoms with Crippen LogP contribution in [0.1, 0.15) is 68.4 Å². The molecular formula is C28H37N3O4. The van der Waals surface area contributed by atoms with E-state index in [-0.39, 0.29) is 35.6 Å². The second-order valence-electron chi connectivity index (χ2n) is 10.8. The van der Waals surface area contributed by atoms with E-state index in [1.165, 1.54) is 16.0 Å². The first-order valence-corrected chi connectivity index (χ1v) is 12.6. The summed E-state index contributed by atoms with van der Waals surface area (Å²) in [4.78, 5) is 42.8. The van der Waals surface area contributed by atoms with Crippen molar-refractivity contribution in [1.82, 2.24) is 15.5 Å². The molecule has 3 atom stereocenters. The molecule has 3 amide bonds. The molecule has 0 bridgehead atoms. The van der Waals surface area contributed by atoms with Gasteiger partial charge < -0.3 is 20.0 Å². The van der Waals surface area contributed by atoms with Gasteiger partial charge in [-0.1, -0.05) is 38.1 Å². The number of hydrogen-bond acceptors (Lipinski definition) is 4. The first kappa shape index (κ1) is 25.0. The Balaban J connectivity index is 1.75. The normalized spacial score (nSPS) is 21.4. The molecule has 1 aromatic heterocycles. The average Bonchev–Trinajstić information content (AvgIpc) is 3.34. The molecule has 0 radical (unpaired) electrons. The van der Waals surface area contributed by atoms with E-state index < -0.39 is 18.1 Å². The van der Waals surface area contributed by atoms with Gasteiger partial charge >= 0.3 is 0 Å². The second kappa shape index (κ2) is 9.88. The SMILES string of the molecule is Cc1cc(C(C(=O)NC(C)C)N2C(=O)C(C3Cc4ccccc4C3)NC(=O)C2CC(C)C)oc1C. The van der Waals surface area contributed by atoms with Gasteiger partial charge in [-0.05, 0) is 81.5 Å². The van der Waals surface area contributed by atoms with Crippen LogP contribution in [0.5, 0.6) is 0 Å². The summed E-state index contributed by atoms with van der Waals surface area (Å²) >= 11 is 0. The van der Waals surface area contributed by atoms with Crippen LogP contribution in [0.25, 0.3) is 0 Å². The van der Waals surface area contributed by atoms with Crippen LogP contribution in [0.3, 0.4) is 0 Å². The molecular weight excluding hydrogens is 442 g/mol. The molecule has 1 aliphatic heterocycles. The molecule has 2 aliphatic rings. The Kier molecular flexibility index (Phi) is 7.06. The molecule has 0 spiro atoms. The van der Waals surface area contributed by atoms with Crippen LogP contribution in [0.15, 0.2) is 34.7 Å². The summed E-state index contributed by atoms with van der Waals surface area (Å²) in [7, 11) is 0. The Labute approximate surface area is 207 Å². The Morgan fingerprint density at radius 3 is 2.26 bits per heavy atom. The van der Waals surface area contributed by atoms with Crippen molar-refractivity contribution >= 4 is 17.7 Å². The molecule has 188 valence electrons. The summed E-state index contributed by atoms with van der Waals surface area (Å²) in [6.07, 6.45) is 1.90. The highest BCUT2D eigenvalue weighted by Crippen LogP contribution is 2.36. The third-order valence-electron chi connectivity index (χ3n) is 7.12. The minimum absolute atomic E-state index is 0.0553. The van der Waals surface area contributed by atoms with Gasteiger partial charge in [0.15, 0.2) is 6.04 Å². The molecule has 1 aromatic carbocycles. The lowest BCUT2D eigenvalue weighted by atomic mass is 9.88. The van der Waals surface area contributed by atoms with Crippen molar-refractivity contribution in [1.29, 1.82) is 0 Å². The van der Waals surface area contributed by atoms with E-state index in [2.05, 4.69) is 22.8 Å². The predicted octanol–water partition coefficient (Wildman–Crippen LogP) is 3.62. The largest absolute Gasteiger partial charge is 0.463 e. The van der Waals surface area contributed by atoms with Crippen molar-refractivity contribution in [3.63, 3.8) is 0 Å². The maximum Gasteiger partial charge on any atom is 0.250 e. The zero-order valence-electron chi connectivity index (χ0n) is 21.6. The molecule has 7 nitrogen and oxygen atoms in total. The molecule has 2 aromatic rings. The fourth-order valence-electron chi connectivity index (χ4n) is 5.37. The van der Waals surface area contributed by atoms with Crippen molar-refractivity contribution in [3.8, 4) is 0 Å². The van der Waals surface area contributed by atoms with E-state index in [1.807, 2.05) is 59.7 Å². The number of nitrogens with zero attached hydrogens (tertiary/aromatic N) is 1. The third kappa shape index (κ3) is 5.00. The van der Waals surface area contributed by atoms with Gasteiger partial charge in [0.2, 0.25) is 11.8 Å². The van der Waals surface area contributed by atoms with Crippen LogP contribution in [-0.4, -0.2) is 40.7 Å². The monoisotopic (exact) mass is 479 g/mol. The zero-order valence-corrected chi connectivity index (χ0v) is 21.6. The minimum Gasteiger partial charge on any atom is -0.463 e. The second-order valence-corrected chi connectivity index (χ2v) is 10.8. The molecule has 2 N–H and O–H groups in total. The zero-order chi connectivity index (χ0) is 25.4. The molecule has 1 aliphatic carbocycles. The number of benzene rings is 1. The molecule has 1 saturated heterocycles. The van der Waals surface area contributed by atoms with Crippen LogP contribution in [0.4, 0.5) is 0 Å². The van der Waals surface area contributed by atoms with Gasteiger partial charge in [-0.2, -0.15) is 0 Å². The van der Waals surface area contributed by atoms with E-state index in [1.54, 1.807) is 0 Å². The Hall–Kier alpha value is -3.09. The molecule has 3 unspecified atom stereocenters. The lowest BCUT2D eigenvalue weighted by molar-refractivity contribution is -0.158. The van der Waals surface area contributed by atoms with Crippen molar-refractivity contribution < 1.29 is 18.8 Å². The van der Waals surface area contributed by atoms with E-state index in [0.717, 1.165) is 18.4 Å². The number of nitrogens with one attached hydrogen (secondary N) is 2. The van der Waals surface area contributed by atoms with E-state index in [4.69, 9.17) is 4.42 Å². The van der Waals surface area contributed by atoms with Crippen LogP contribution >= 0.6 is 0 Å². The highest BCUT2D eigenvalue weighted by atomic mass is 16.3. The summed E-state index contributed by atoms with van der Waals surface area (Å²) in [5, 5.41) is 5.99. The maximum atomic E-state index is 14.2. The number of amides is 3. The lowest BCUT2D eigenvalue weighted by Crippen LogP contribution is -2.67. The molecule has 1 fully saturated rings. The smallest absolute Gasteiger partial charge is 0.250 e. The number of carbonyl (C=O) groups is 3. The average molecular weight is 480 g/mol. The number of carbonyl (C=O) groups excluding carboxylic acids is 3. The Bertz CT molecular complexity index is 1070. The fraction of sp³-hybridized carbons (Fsp3) is 0.536. The number of hydrogen-bond donors (Lipinski definition) is 2. The number of rotatable bonds is 7.